The third-order valence-corrected chi connectivity index (χ3v) is 4.84. The number of nitriles is 1. The van der Waals surface area contributed by atoms with Crippen LogP contribution in [0.2, 0.25) is 0 Å². The Labute approximate surface area is 179 Å². The largest absolute Gasteiger partial charge is 0.399 e. The summed E-state index contributed by atoms with van der Waals surface area (Å²) < 4.78 is 41.3. The number of allylic oxidation sites excluding steroid dienone is 1. The second-order valence-electron chi connectivity index (χ2n) is 7.09. The van der Waals surface area contributed by atoms with Gasteiger partial charge in [-0.1, -0.05) is 30.4 Å². The van der Waals surface area contributed by atoms with Gasteiger partial charge in [0.1, 0.15) is 6.07 Å². The number of hydrogen-bond donors (Lipinski definition) is 3. The van der Waals surface area contributed by atoms with Gasteiger partial charge in [-0.3, -0.25) is 0 Å². The average Bonchev–Trinajstić information content (AvgIpc) is 2.68. The predicted molar refractivity (Wildman–Crippen MR) is 118 cm³/mol. The first-order chi connectivity index (χ1) is 14.5. The van der Waals surface area contributed by atoms with Crippen molar-refractivity contribution in [2.75, 3.05) is 5.32 Å². The molecule has 2 rings (SSSR count). The molecule has 0 radical (unpaired) electrons. The standard InChI is InChI=1S/C23H24F3N5/c1-14-10-18(11-15(2)16(14)3)20(23(24,25)26)6-4-17-5-7-21(19(12-17)13-27)30-8-9-31-22(28)29/h4-12,20,30H,1-3H3,(H4,28,29,31)/b6-4+,9-8?. The Kier molecular flexibility index (Phi) is 7.48. The van der Waals surface area contributed by atoms with Crippen molar-refractivity contribution < 1.29 is 13.2 Å². The molecule has 1 unspecified atom stereocenters. The maximum absolute atomic E-state index is 13.8. The second kappa shape index (κ2) is 9.85. The summed E-state index contributed by atoms with van der Waals surface area (Å²) in [5, 5.41) is 12.2. The number of nitrogens with one attached hydrogen (secondary N) is 1. The van der Waals surface area contributed by atoms with Crippen molar-refractivity contribution in [3.8, 4) is 6.07 Å². The second-order valence-corrected chi connectivity index (χ2v) is 7.09. The quantitative estimate of drug-likeness (QED) is 0.446. The van der Waals surface area contributed by atoms with Crippen LogP contribution in [0.4, 0.5) is 18.9 Å². The minimum absolute atomic E-state index is 0.114. The number of anilines is 1. The van der Waals surface area contributed by atoms with Crippen LogP contribution in [-0.4, -0.2) is 12.1 Å². The van der Waals surface area contributed by atoms with Crippen LogP contribution in [0, 0.1) is 32.1 Å². The number of aryl methyl sites for hydroxylation is 2. The van der Waals surface area contributed by atoms with Gasteiger partial charge in [0.25, 0.3) is 0 Å². The highest BCUT2D eigenvalue weighted by molar-refractivity contribution is 5.76. The lowest BCUT2D eigenvalue weighted by molar-refractivity contribution is -0.139. The zero-order chi connectivity index (χ0) is 23.2. The molecule has 0 bridgehead atoms. The molecule has 0 saturated heterocycles. The fraction of sp³-hybridized carbons (Fsp3) is 0.217. The van der Waals surface area contributed by atoms with Gasteiger partial charge in [-0.2, -0.15) is 18.4 Å². The Morgan fingerprint density at radius 2 is 1.77 bits per heavy atom. The molecule has 0 aliphatic heterocycles. The summed E-state index contributed by atoms with van der Waals surface area (Å²) in [6.45, 7) is 5.49. The van der Waals surface area contributed by atoms with Crippen molar-refractivity contribution in [2.24, 2.45) is 16.5 Å². The van der Waals surface area contributed by atoms with Crippen LogP contribution in [0.15, 0.2) is 53.8 Å². The van der Waals surface area contributed by atoms with Crippen molar-refractivity contribution >= 4 is 17.7 Å². The number of hydrogen-bond acceptors (Lipinski definition) is 3. The van der Waals surface area contributed by atoms with E-state index in [1.165, 1.54) is 24.5 Å². The molecular weight excluding hydrogens is 403 g/mol. The van der Waals surface area contributed by atoms with E-state index in [4.69, 9.17) is 11.5 Å². The molecule has 2 aromatic carbocycles. The Morgan fingerprint density at radius 1 is 1.13 bits per heavy atom. The molecule has 5 N–H and O–H groups in total. The summed E-state index contributed by atoms with van der Waals surface area (Å²) in [6, 6.07) is 9.88. The third kappa shape index (κ3) is 6.37. The summed E-state index contributed by atoms with van der Waals surface area (Å²) >= 11 is 0. The molecule has 0 fully saturated rings. The van der Waals surface area contributed by atoms with Gasteiger partial charge in [-0.25, -0.2) is 4.99 Å². The first-order valence-corrected chi connectivity index (χ1v) is 9.40. The molecule has 0 aliphatic carbocycles. The number of guanidine groups is 1. The SMILES string of the molecule is Cc1cc(C(/C=C/c2ccc(NC=CN=C(N)N)c(C#N)c2)C(F)(F)F)cc(C)c1C. The fourth-order valence-corrected chi connectivity index (χ4v) is 3.00. The normalized spacial score (nSPS) is 12.7. The average molecular weight is 427 g/mol. The van der Waals surface area contributed by atoms with E-state index in [0.717, 1.165) is 22.8 Å². The van der Waals surface area contributed by atoms with Crippen LogP contribution in [0.5, 0.6) is 0 Å². The molecule has 1 atom stereocenters. The molecule has 162 valence electrons. The van der Waals surface area contributed by atoms with E-state index in [2.05, 4.69) is 10.3 Å². The molecular formula is C23H24F3N5. The Bertz CT molecular complexity index is 1050. The maximum atomic E-state index is 13.8. The molecule has 0 spiro atoms. The lowest BCUT2D eigenvalue weighted by Gasteiger charge is -2.19. The van der Waals surface area contributed by atoms with Crippen LogP contribution in [0.3, 0.4) is 0 Å². The van der Waals surface area contributed by atoms with E-state index in [1.807, 2.05) is 13.0 Å². The number of nitrogens with zero attached hydrogens (tertiary/aromatic N) is 2. The van der Waals surface area contributed by atoms with Crippen LogP contribution in [0.1, 0.15) is 39.3 Å². The van der Waals surface area contributed by atoms with Gasteiger partial charge in [-0.05, 0) is 60.7 Å². The first-order valence-electron chi connectivity index (χ1n) is 9.40. The highest BCUT2D eigenvalue weighted by atomic mass is 19.4. The molecule has 0 heterocycles. The summed E-state index contributed by atoms with van der Waals surface area (Å²) in [5.74, 6) is -1.87. The molecule has 31 heavy (non-hydrogen) atoms. The van der Waals surface area contributed by atoms with Gasteiger partial charge < -0.3 is 16.8 Å². The lowest BCUT2D eigenvalue weighted by Crippen LogP contribution is -2.21. The van der Waals surface area contributed by atoms with E-state index >= 15 is 0 Å². The van der Waals surface area contributed by atoms with Crippen molar-refractivity contribution in [1.82, 2.24) is 0 Å². The lowest BCUT2D eigenvalue weighted by atomic mass is 9.91. The number of nitrogens with two attached hydrogens (primary N) is 2. The monoisotopic (exact) mass is 427 g/mol. The highest BCUT2D eigenvalue weighted by Gasteiger charge is 2.39. The summed E-state index contributed by atoms with van der Waals surface area (Å²) in [5.41, 5.74) is 14.4. The number of halogens is 3. The van der Waals surface area contributed by atoms with Gasteiger partial charge in [0.2, 0.25) is 0 Å². The van der Waals surface area contributed by atoms with E-state index < -0.39 is 12.1 Å². The Morgan fingerprint density at radius 3 is 2.32 bits per heavy atom. The molecule has 0 saturated carbocycles. The first kappa shape index (κ1) is 23.5. The van der Waals surface area contributed by atoms with Gasteiger partial charge in [0.15, 0.2) is 5.96 Å². The Hall–Kier alpha value is -3.73. The van der Waals surface area contributed by atoms with E-state index in [1.54, 1.807) is 38.1 Å². The van der Waals surface area contributed by atoms with Gasteiger partial charge >= 0.3 is 6.18 Å². The van der Waals surface area contributed by atoms with Crippen molar-refractivity contribution in [3.63, 3.8) is 0 Å². The maximum Gasteiger partial charge on any atom is 0.399 e. The number of alkyl halides is 3. The molecule has 0 aromatic heterocycles. The van der Waals surface area contributed by atoms with Crippen LogP contribution in [-0.2, 0) is 0 Å². The minimum Gasteiger partial charge on any atom is -0.370 e. The molecule has 0 amide bonds. The zero-order valence-corrected chi connectivity index (χ0v) is 17.5. The van der Waals surface area contributed by atoms with Gasteiger partial charge in [0, 0.05) is 12.4 Å². The molecule has 2 aromatic rings. The fourth-order valence-electron chi connectivity index (χ4n) is 3.00. The van der Waals surface area contributed by atoms with Crippen LogP contribution < -0.4 is 16.8 Å². The number of benzene rings is 2. The van der Waals surface area contributed by atoms with Gasteiger partial charge in [0.05, 0.1) is 17.2 Å². The van der Waals surface area contributed by atoms with Gasteiger partial charge in [-0.15, -0.1) is 0 Å². The van der Waals surface area contributed by atoms with Crippen LogP contribution >= 0.6 is 0 Å². The summed E-state index contributed by atoms with van der Waals surface area (Å²) in [4.78, 5) is 3.66. The minimum atomic E-state index is -4.44. The Balaban J connectivity index is 2.33. The zero-order valence-electron chi connectivity index (χ0n) is 17.5. The van der Waals surface area contributed by atoms with Crippen LogP contribution in [0.25, 0.3) is 6.08 Å². The van der Waals surface area contributed by atoms with E-state index in [9.17, 15) is 18.4 Å². The smallest absolute Gasteiger partial charge is 0.370 e. The molecule has 5 nitrogen and oxygen atoms in total. The third-order valence-electron chi connectivity index (χ3n) is 4.84. The van der Waals surface area contributed by atoms with Crippen molar-refractivity contribution in [2.45, 2.75) is 32.9 Å². The van der Waals surface area contributed by atoms with Crippen molar-refractivity contribution in [1.29, 1.82) is 5.26 Å². The molecule has 8 heteroatoms. The van der Waals surface area contributed by atoms with Crippen molar-refractivity contribution in [3.05, 3.63) is 82.2 Å². The van der Waals surface area contributed by atoms with E-state index in [-0.39, 0.29) is 17.1 Å². The highest BCUT2D eigenvalue weighted by Crippen LogP contribution is 2.38. The summed E-state index contributed by atoms with van der Waals surface area (Å²) in [6.07, 6.45) is 0.811. The number of aliphatic imine (C=N–C) groups is 1. The molecule has 0 aliphatic rings. The predicted octanol–water partition coefficient (Wildman–Crippen LogP) is 5.00. The topological polar surface area (TPSA) is 100 Å². The van der Waals surface area contributed by atoms with E-state index in [0.29, 0.717) is 11.3 Å². The summed E-state index contributed by atoms with van der Waals surface area (Å²) in [7, 11) is 0. The number of rotatable bonds is 6.